The van der Waals surface area contributed by atoms with E-state index in [1.807, 2.05) is 84.6 Å². The number of carbonyl (C=O) groups excluding carboxylic acids is 2. The highest BCUT2D eigenvalue weighted by molar-refractivity contribution is 6.30. The summed E-state index contributed by atoms with van der Waals surface area (Å²) in [5, 5.41) is 0.628. The van der Waals surface area contributed by atoms with Crippen molar-refractivity contribution in [3.63, 3.8) is 0 Å². The second-order valence-corrected chi connectivity index (χ2v) is 11.5. The van der Waals surface area contributed by atoms with Crippen LogP contribution in [0, 0.1) is 11.3 Å². The average Bonchev–Trinajstić information content (AvgIpc) is 2.99. The number of Topliss-reactive ketones (excluding diaryl/α,β-unsaturated/α-hetero) is 1. The Morgan fingerprint density at radius 1 is 1.00 bits per heavy atom. The monoisotopic (exact) mass is 513 g/mol. The third-order valence-corrected chi connectivity index (χ3v) is 7.56. The van der Waals surface area contributed by atoms with Crippen LogP contribution in [-0.4, -0.2) is 31.5 Å². The van der Waals surface area contributed by atoms with Gasteiger partial charge in [-0.2, -0.15) is 0 Å². The largest absolute Gasteiger partial charge is 0.378 e. The summed E-state index contributed by atoms with van der Waals surface area (Å²) in [5.41, 5.74) is 5.00. The molecule has 1 saturated carbocycles. The van der Waals surface area contributed by atoms with Crippen molar-refractivity contribution in [3.05, 3.63) is 88.9 Å². The Labute approximate surface area is 223 Å². The molecule has 0 spiro atoms. The Bertz CT molecular complexity index is 1360. The molecule has 0 unspecified atom stereocenters. The Morgan fingerprint density at radius 2 is 1.68 bits per heavy atom. The third kappa shape index (κ3) is 5.05. The zero-order valence-corrected chi connectivity index (χ0v) is 22.5. The van der Waals surface area contributed by atoms with Gasteiger partial charge in [-0.05, 0) is 59.4 Å². The van der Waals surface area contributed by atoms with Gasteiger partial charge in [0.25, 0.3) is 0 Å². The number of hydrogen-bond donors (Lipinski definition) is 0. The Hall–Kier alpha value is -3.44. The summed E-state index contributed by atoms with van der Waals surface area (Å²) in [6, 6.07) is 22.8. The van der Waals surface area contributed by atoms with Crippen LogP contribution in [-0.2, 0) is 16.0 Å². The quantitative estimate of drug-likeness (QED) is 0.385. The van der Waals surface area contributed by atoms with Gasteiger partial charge in [-0.3, -0.25) is 14.6 Å². The standard InChI is InChI=1S/C31H32ClN3O2/c1-31(2)18-25-29(27(36)19-31)30(21-11-15-23(16-12-21)34(3)4)35(26-8-6-5-7-24(26)33-25)28(37)17-20-9-13-22(32)14-10-20/h5-16,29-30H,17-19H2,1-4H3/t29-,30-/m0/s1. The minimum absolute atomic E-state index is 0.0782. The average molecular weight is 514 g/mol. The van der Waals surface area contributed by atoms with Gasteiger partial charge in [-0.15, -0.1) is 0 Å². The lowest BCUT2D eigenvalue weighted by Gasteiger charge is -2.41. The topological polar surface area (TPSA) is 53.0 Å². The molecule has 6 heteroatoms. The zero-order chi connectivity index (χ0) is 26.3. The van der Waals surface area contributed by atoms with Crippen LogP contribution in [0.15, 0.2) is 77.8 Å². The molecule has 1 aliphatic carbocycles. The number of fused-ring (bicyclic) bond motifs is 2. The number of aliphatic imine (C=N–C) groups is 1. The summed E-state index contributed by atoms with van der Waals surface area (Å²) < 4.78 is 0. The molecule has 1 aliphatic heterocycles. The number of benzene rings is 3. The zero-order valence-electron chi connectivity index (χ0n) is 21.7. The molecule has 2 atom stereocenters. The maximum absolute atomic E-state index is 14.2. The SMILES string of the molecule is CN(C)c1ccc([C@H]2[C@@H]3C(=O)CC(C)(C)CC3=Nc3ccccc3N2C(=O)Cc2ccc(Cl)cc2)cc1. The van der Waals surface area contributed by atoms with Gasteiger partial charge in [0, 0.05) is 36.9 Å². The van der Waals surface area contributed by atoms with Gasteiger partial charge in [0.15, 0.2) is 0 Å². The number of nitrogens with zero attached hydrogens (tertiary/aromatic N) is 3. The molecule has 1 heterocycles. The molecule has 5 rings (SSSR count). The van der Waals surface area contributed by atoms with Gasteiger partial charge < -0.3 is 9.80 Å². The van der Waals surface area contributed by atoms with Crippen molar-refractivity contribution in [3.8, 4) is 0 Å². The highest BCUT2D eigenvalue weighted by Gasteiger charge is 2.47. The van der Waals surface area contributed by atoms with Crippen LogP contribution in [0.25, 0.3) is 0 Å². The molecule has 1 amide bonds. The molecule has 0 radical (unpaired) electrons. The minimum atomic E-state index is -0.500. The summed E-state index contributed by atoms with van der Waals surface area (Å²) in [5.74, 6) is -0.445. The van der Waals surface area contributed by atoms with Gasteiger partial charge in [-0.1, -0.05) is 61.8 Å². The molecular weight excluding hydrogens is 482 g/mol. The summed E-state index contributed by atoms with van der Waals surface area (Å²) >= 11 is 6.09. The fraction of sp³-hybridized carbons (Fsp3) is 0.323. The fourth-order valence-electron chi connectivity index (χ4n) is 5.58. The molecule has 5 nitrogen and oxygen atoms in total. The molecule has 0 aromatic heterocycles. The van der Waals surface area contributed by atoms with Crippen LogP contribution < -0.4 is 9.80 Å². The molecule has 3 aromatic rings. The van der Waals surface area contributed by atoms with Gasteiger partial charge in [0.05, 0.1) is 29.8 Å². The van der Waals surface area contributed by atoms with E-state index < -0.39 is 12.0 Å². The first-order valence-electron chi connectivity index (χ1n) is 12.7. The lowest BCUT2D eigenvalue weighted by molar-refractivity contribution is -0.124. The Balaban J connectivity index is 1.68. The molecular formula is C31H32ClN3O2. The van der Waals surface area contributed by atoms with E-state index in [4.69, 9.17) is 16.6 Å². The van der Waals surface area contributed by atoms with Crippen molar-refractivity contribution < 1.29 is 9.59 Å². The van der Waals surface area contributed by atoms with Gasteiger partial charge >= 0.3 is 0 Å². The van der Waals surface area contributed by atoms with E-state index in [2.05, 4.69) is 13.8 Å². The Kier molecular flexibility index (Phi) is 6.67. The smallest absolute Gasteiger partial charge is 0.232 e. The van der Waals surface area contributed by atoms with Crippen molar-refractivity contribution in [2.45, 2.75) is 39.2 Å². The first kappa shape index (κ1) is 25.2. The highest BCUT2D eigenvalue weighted by Crippen LogP contribution is 2.48. The third-order valence-electron chi connectivity index (χ3n) is 7.31. The number of para-hydroxylation sites is 2. The van der Waals surface area contributed by atoms with Gasteiger partial charge in [0.1, 0.15) is 5.78 Å². The summed E-state index contributed by atoms with van der Waals surface area (Å²) in [4.78, 5) is 36.9. The van der Waals surface area contributed by atoms with Crippen LogP contribution >= 0.6 is 11.6 Å². The summed E-state index contributed by atoms with van der Waals surface area (Å²) in [6.07, 6.45) is 1.36. The first-order valence-corrected chi connectivity index (χ1v) is 13.0. The maximum atomic E-state index is 14.2. The molecule has 0 bridgehead atoms. The molecule has 37 heavy (non-hydrogen) atoms. The van der Waals surface area contributed by atoms with Crippen molar-refractivity contribution in [2.24, 2.45) is 16.3 Å². The maximum Gasteiger partial charge on any atom is 0.232 e. The van der Waals surface area contributed by atoms with E-state index in [-0.39, 0.29) is 23.5 Å². The van der Waals surface area contributed by atoms with E-state index in [0.29, 0.717) is 17.9 Å². The number of ketones is 1. The van der Waals surface area contributed by atoms with Crippen LogP contribution in [0.5, 0.6) is 0 Å². The summed E-state index contributed by atoms with van der Waals surface area (Å²) in [7, 11) is 3.99. The highest BCUT2D eigenvalue weighted by atomic mass is 35.5. The second kappa shape index (κ2) is 9.79. The molecule has 0 N–H and O–H groups in total. The lowest BCUT2D eigenvalue weighted by atomic mass is 9.68. The lowest BCUT2D eigenvalue weighted by Crippen LogP contribution is -2.47. The van der Waals surface area contributed by atoms with E-state index in [1.54, 1.807) is 12.1 Å². The molecule has 0 saturated heterocycles. The van der Waals surface area contributed by atoms with Crippen LogP contribution in [0.2, 0.25) is 5.02 Å². The van der Waals surface area contributed by atoms with E-state index >= 15 is 0 Å². The Morgan fingerprint density at radius 3 is 2.35 bits per heavy atom. The minimum Gasteiger partial charge on any atom is -0.378 e. The van der Waals surface area contributed by atoms with Crippen molar-refractivity contribution in [2.75, 3.05) is 23.9 Å². The first-order chi connectivity index (χ1) is 17.6. The van der Waals surface area contributed by atoms with Crippen LogP contribution in [0.3, 0.4) is 0 Å². The van der Waals surface area contributed by atoms with Crippen molar-refractivity contribution in [1.29, 1.82) is 0 Å². The van der Waals surface area contributed by atoms with Crippen molar-refractivity contribution in [1.82, 2.24) is 0 Å². The van der Waals surface area contributed by atoms with E-state index in [9.17, 15) is 9.59 Å². The fourth-order valence-corrected chi connectivity index (χ4v) is 5.70. The van der Waals surface area contributed by atoms with Gasteiger partial charge in [0.2, 0.25) is 5.91 Å². The van der Waals surface area contributed by atoms with Gasteiger partial charge in [-0.25, -0.2) is 0 Å². The number of hydrogen-bond acceptors (Lipinski definition) is 4. The number of rotatable bonds is 4. The van der Waals surface area contributed by atoms with E-state index in [0.717, 1.165) is 33.9 Å². The number of carbonyl (C=O) groups is 2. The second-order valence-electron chi connectivity index (χ2n) is 11.1. The molecule has 2 aliphatic rings. The normalized spacial score (nSPS) is 20.4. The van der Waals surface area contributed by atoms with E-state index in [1.165, 1.54) is 0 Å². The number of amides is 1. The molecule has 190 valence electrons. The van der Waals surface area contributed by atoms with Crippen LogP contribution in [0.1, 0.15) is 43.9 Å². The number of halogens is 1. The summed E-state index contributed by atoms with van der Waals surface area (Å²) in [6.45, 7) is 4.23. The predicted octanol–water partition coefficient (Wildman–Crippen LogP) is 6.81. The predicted molar refractivity (Wildman–Crippen MR) is 151 cm³/mol. The number of anilines is 2. The van der Waals surface area contributed by atoms with Crippen LogP contribution in [0.4, 0.5) is 17.1 Å². The molecule has 3 aromatic carbocycles. The molecule has 1 fully saturated rings. The van der Waals surface area contributed by atoms with Crippen molar-refractivity contribution >= 4 is 46.1 Å².